The van der Waals surface area contributed by atoms with Gasteiger partial charge in [0.1, 0.15) is 5.60 Å². The van der Waals surface area contributed by atoms with Crippen LogP contribution in [0, 0.1) is 5.92 Å². The van der Waals surface area contributed by atoms with E-state index in [2.05, 4.69) is 10.2 Å². The van der Waals surface area contributed by atoms with E-state index < -0.39 is 11.7 Å². The largest absolute Gasteiger partial charge is 0.444 e. The van der Waals surface area contributed by atoms with E-state index in [4.69, 9.17) is 4.74 Å². The molecule has 0 aromatic heterocycles. The second-order valence-corrected chi connectivity index (χ2v) is 5.59. The van der Waals surface area contributed by atoms with E-state index in [1.807, 2.05) is 20.8 Å². The number of aliphatic hydroxyl groups is 1. The Balaban J connectivity index is 1.85. The average Bonchev–Trinajstić information content (AvgIpc) is 2.98. The molecule has 2 aliphatic heterocycles. The first kappa shape index (κ1) is 12.3. The van der Waals surface area contributed by atoms with Crippen LogP contribution >= 0.6 is 0 Å². The molecule has 1 saturated heterocycles. The van der Waals surface area contributed by atoms with Crippen LogP contribution in [0.3, 0.4) is 0 Å². The van der Waals surface area contributed by atoms with E-state index in [-0.39, 0.29) is 18.2 Å². The SMILES string of the molecule is CC(C)(C)OC(=O)N1CCC(C2N=N2)C(O)C1. The predicted octanol–water partition coefficient (Wildman–Crippen LogP) is 1.40. The van der Waals surface area contributed by atoms with E-state index in [0.717, 1.165) is 6.42 Å². The van der Waals surface area contributed by atoms with Gasteiger partial charge in [-0.25, -0.2) is 4.79 Å². The van der Waals surface area contributed by atoms with Crippen LogP contribution in [-0.4, -0.2) is 47.1 Å². The van der Waals surface area contributed by atoms with Crippen LogP contribution in [0.25, 0.3) is 0 Å². The smallest absolute Gasteiger partial charge is 0.410 e. The van der Waals surface area contributed by atoms with E-state index in [1.54, 1.807) is 4.90 Å². The number of hydrogen-bond donors (Lipinski definition) is 1. The Morgan fingerprint density at radius 2 is 2.06 bits per heavy atom. The van der Waals surface area contributed by atoms with Gasteiger partial charge in [-0.05, 0) is 27.2 Å². The van der Waals surface area contributed by atoms with Crippen molar-refractivity contribution in [1.82, 2.24) is 4.90 Å². The number of likely N-dealkylation sites (tertiary alicyclic amines) is 1. The third kappa shape index (κ3) is 3.15. The van der Waals surface area contributed by atoms with Crippen molar-refractivity contribution >= 4 is 6.09 Å². The van der Waals surface area contributed by atoms with E-state index in [1.165, 1.54) is 0 Å². The summed E-state index contributed by atoms with van der Waals surface area (Å²) < 4.78 is 5.27. The third-order valence-corrected chi connectivity index (χ3v) is 2.92. The lowest BCUT2D eigenvalue weighted by Gasteiger charge is -2.35. The number of carbonyl (C=O) groups is 1. The molecule has 96 valence electrons. The predicted molar refractivity (Wildman–Crippen MR) is 60.6 cm³/mol. The van der Waals surface area contributed by atoms with E-state index in [0.29, 0.717) is 13.1 Å². The summed E-state index contributed by atoms with van der Waals surface area (Å²) in [5, 5.41) is 17.6. The number of ether oxygens (including phenoxy) is 1. The summed E-state index contributed by atoms with van der Waals surface area (Å²) >= 11 is 0. The van der Waals surface area contributed by atoms with Crippen molar-refractivity contribution < 1.29 is 14.6 Å². The molecule has 6 heteroatoms. The van der Waals surface area contributed by atoms with Crippen molar-refractivity contribution in [2.75, 3.05) is 13.1 Å². The Kier molecular flexibility index (Phi) is 3.07. The molecule has 2 rings (SSSR count). The number of β-amino-alcohol motifs (C(OH)–C–C–N with tert-alkyl or cyclic N) is 1. The summed E-state index contributed by atoms with van der Waals surface area (Å²) in [5.74, 6) is 0.0636. The third-order valence-electron chi connectivity index (χ3n) is 2.92. The van der Waals surface area contributed by atoms with Crippen LogP contribution in [-0.2, 0) is 4.74 Å². The highest BCUT2D eigenvalue weighted by Crippen LogP contribution is 2.30. The summed E-state index contributed by atoms with van der Waals surface area (Å²) in [6, 6.07) is 0. The fraction of sp³-hybridized carbons (Fsp3) is 0.909. The number of hydrogen-bond acceptors (Lipinski definition) is 5. The molecule has 2 atom stereocenters. The van der Waals surface area contributed by atoms with Crippen molar-refractivity contribution in [2.24, 2.45) is 16.1 Å². The molecule has 17 heavy (non-hydrogen) atoms. The molecular formula is C11H19N3O3. The Hall–Kier alpha value is -1.17. The number of piperidine rings is 1. The van der Waals surface area contributed by atoms with Crippen LogP contribution in [0.1, 0.15) is 27.2 Å². The highest BCUT2D eigenvalue weighted by molar-refractivity contribution is 5.68. The van der Waals surface area contributed by atoms with E-state index >= 15 is 0 Å². The zero-order valence-electron chi connectivity index (χ0n) is 10.5. The maximum absolute atomic E-state index is 11.8. The van der Waals surface area contributed by atoms with Crippen LogP contribution in [0.4, 0.5) is 4.79 Å². The van der Waals surface area contributed by atoms with Gasteiger partial charge in [-0.3, -0.25) is 0 Å². The molecule has 0 spiro atoms. The minimum absolute atomic E-state index is 0.0502. The molecule has 0 bridgehead atoms. The van der Waals surface area contributed by atoms with Crippen molar-refractivity contribution in [3.8, 4) is 0 Å². The topological polar surface area (TPSA) is 74.5 Å². The second kappa shape index (κ2) is 4.25. The second-order valence-electron chi connectivity index (χ2n) is 5.59. The van der Waals surface area contributed by atoms with Gasteiger partial charge in [-0.15, -0.1) is 0 Å². The van der Waals surface area contributed by atoms with Gasteiger partial charge in [-0.1, -0.05) is 0 Å². The lowest BCUT2D eigenvalue weighted by atomic mass is 9.92. The fourth-order valence-electron chi connectivity index (χ4n) is 2.00. The molecule has 2 heterocycles. The maximum atomic E-state index is 11.8. The van der Waals surface area contributed by atoms with Crippen molar-refractivity contribution in [1.29, 1.82) is 0 Å². The number of carbonyl (C=O) groups excluding carboxylic acids is 1. The Bertz CT molecular complexity index is 331. The molecule has 1 fully saturated rings. The fourth-order valence-corrected chi connectivity index (χ4v) is 2.00. The van der Waals surface area contributed by atoms with Gasteiger partial charge in [0.2, 0.25) is 0 Å². The van der Waals surface area contributed by atoms with Crippen LogP contribution in [0.15, 0.2) is 10.2 Å². The molecule has 0 radical (unpaired) electrons. The molecule has 0 aliphatic carbocycles. The molecule has 2 aliphatic rings. The van der Waals surface area contributed by atoms with Crippen LogP contribution in [0.2, 0.25) is 0 Å². The normalized spacial score (nSPS) is 29.3. The van der Waals surface area contributed by atoms with Crippen molar-refractivity contribution in [3.05, 3.63) is 0 Å². The summed E-state index contributed by atoms with van der Waals surface area (Å²) in [4.78, 5) is 13.3. The molecule has 0 aromatic rings. The summed E-state index contributed by atoms with van der Waals surface area (Å²) in [6.07, 6.45) is -0.250. The molecule has 1 amide bonds. The van der Waals surface area contributed by atoms with Crippen LogP contribution in [0.5, 0.6) is 0 Å². The summed E-state index contributed by atoms with van der Waals surface area (Å²) in [5.41, 5.74) is -0.500. The van der Waals surface area contributed by atoms with Gasteiger partial charge < -0.3 is 14.7 Å². The lowest BCUT2D eigenvalue weighted by Crippen LogP contribution is -2.49. The highest BCUT2D eigenvalue weighted by atomic mass is 16.6. The number of aliphatic hydroxyl groups excluding tert-OH is 1. The van der Waals surface area contributed by atoms with Gasteiger partial charge >= 0.3 is 6.09 Å². The molecule has 2 unspecified atom stereocenters. The van der Waals surface area contributed by atoms with Gasteiger partial charge in [0.25, 0.3) is 0 Å². The first-order chi connectivity index (χ1) is 7.87. The first-order valence-electron chi connectivity index (χ1n) is 5.93. The van der Waals surface area contributed by atoms with Gasteiger partial charge in [0.05, 0.1) is 12.6 Å². The van der Waals surface area contributed by atoms with E-state index in [9.17, 15) is 9.90 Å². The summed E-state index contributed by atoms with van der Waals surface area (Å²) in [7, 11) is 0. The van der Waals surface area contributed by atoms with Gasteiger partial charge in [0, 0.05) is 12.5 Å². The Morgan fingerprint density at radius 3 is 2.53 bits per heavy atom. The zero-order valence-corrected chi connectivity index (χ0v) is 10.5. The maximum Gasteiger partial charge on any atom is 0.410 e. The van der Waals surface area contributed by atoms with Gasteiger partial charge in [-0.2, -0.15) is 10.2 Å². The molecular weight excluding hydrogens is 222 g/mol. The average molecular weight is 241 g/mol. The first-order valence-corrected chi connectivity index (χ1v) is 5.93. The van der Waals surface area contributed by atoms with Gasteiger partial charge in [0.15, 0.2) is 6.17 Å². The minimum Gasteiger partial charge on any atom is -0.444 e. The Morgan fingerprint density at radius 1 is 1.41 bits per heavy atom. The molecule has 0 aromatic carbocycles. The highest BCUT2D eigenvalue weighted by Gasteiger charge is 2.40. The zero-order chi connectivity index (χ0) is 12.6. The quantitative estimate of drug-likeness (QED) is 0.754. The molecule has 0 saturated carbocycles. The van der Waals surface area contributed by atoms with Crippen molar-refractivity contribution in [2.45, 2.75) is 45.1 Å². The number of amides is 1. The molecule has 6 nitrogen and oxygen atoms in total. The minimum atomic E-state index is -0.559. The number of nitrogens with zero attached hydrogens (tertiary/aromatic N) is 3. The van der Waals surface area contributed by atoms with Crippen LogP contribution < -0.4 is 0 Å². The standard InChI is InChI=1S/C11H19N3O3/c1-11(2,3)17-10(16)14-5-4-7(8(15)6-14)9-12-13-9/h7-9,15H,4-6H2,1-3H3. The molecule has 1 N–H and O–H groups in total. The van der Waals surface area contributed by atoms with Crippen molar-refractivity contribution in [3.63, 3.8) is 0 Å². The Labute approximate surface area is 101 Å². The lowest BCUT2D eigenvalue weighted by molar-refractivity contribution is -0.0133. The monoisotopic (exact) mass is 241 g/mol. The number of rotatable bonds is 1. The summed E-state index contributed by atoms with van der Waals surface area (Å²) in [6.45, 7) is 6.39.